The Morgan fingerprint density at radius 2 is 2.10 bits per heavy atom. The van der Waals surface area contributed by atoms with E-state index in [0.717, 1.165) is 25.3 Å². The molecule has 0 amide bonds. The Hall–Kier alpha value is -1.33. The highest BCUT2D eigenvalue weighted by Crippen LogP contribution is 2.26. The van der Waals surface area contributed by atoms with E-state index in [2.05, 4.69) is 17.1 Å². The smallest absolute Gasteiger partial charge is 0.271 e. The van der Waals surface area contributed by atoms with Gasteiger partial charge in [0.1, 0.15) is 0 Å². The molecule has 1 N–H and O–H groups in total. The van der Waals surface area contributed by atoms with Gasteiger partial charge >= 0.3 is 0 Å². The van der Waals surface area contributed by atoms with Gasteiger partial charge in [-0.3, -0.25) is 15.0 Å². The van der Waals surface area contributed by atoms with Crippen LogP contribution in [0.3, 0.4) is 0 Å². The second-order valence-corrected chi connectivity index (χ2v) is 5.66. The molecular weight excluding hydrogens is 278 g/mol. The first kappa shape index (κ1) is 15.1. The average molecular weight is 298 g/mol. The van der Waals surface area contributed by atoms with Crippen LogP contribution in [0.5, 0.6) is 0 Å². The van der Waals surface area contributed by atoms with Gasteiger partial charge < -0.3 is 5.32 Å². The van der Waals surface area contributed by atoms with Crippen LogP contribution >= 0.6 is 11.6 Å². The molecule has 20 heavy (non-hydrogen) atoms. The first-order chi connectivity index (χ1) is 9.58. The highest BCUT2D eigenvalue weighted by atomic mass is 35.5. The summed E-state index contributed by atoms with van der Waals surface area (Å²) in [5.74, 6) is 0. The maximum Gasteiger partial charge on any atom is 0.271 e. The lowest BCUT2D eigenvalue weighted by molar-refractivity contribution is -0.384. The van der Waals surface area contributed by atoms with Gasteiger partial charge in [0.05, 0.1) is 15.6 Å². The molecule has 5 nitrogen and oxygen atoms in total. The summed E-state index contributed by atoms with van der Waals surface area (Å²) >= 11 is 6.06. The second-order valence-electron chi connectivity index (χ2n) is 5.25. The van der Waals surface area contributed by atoms with E-state index in [1.165, 1.54) is 31.4 Å². The van der Waals surface area contributed by atoms with Crippen molar-refractivity contribution in [3.05, 3.63) is 33.3 Å². The zero-order valence-electron chi connectivity index (χ0n) is 11.6. The third-order valence-electron chi connectivity index (χ3n) is 3.77. The molecule has 1 atom stereocenters. The van der Waals surface area contributed by atoms with Crippen molar-refractivity contribution in [2.75, 3.05) is 25.0 Å². The number of halogens is 1. The minimum absolute atomic E-state index is 0.0182. The van der Waals surface area contributed by atoms with E-state index in [9.17, 15) is 10.1 Å². The van der Waals surface area contributed by atoms with Crippen LogP contribution in [0.25, 0.3) is 0 Å². The topological polar surface area (TPSA) is 58.4 Å². The molecule has 0 bridgehead atoms. The SMILES string of the molecule is CC(CNc1ccc([N+](=O)[O-])cc1Cl)N1CCCCC1. The molecule has 1 heterocycles. The number of nitrogens with zero attached hydrogens (tertiary/aromatic N) is 2. The van der Waals surface area contributed by atoms with E-state index in [-0.39, 0.29) is 5.69 Å². The Morgan fingerprint density at radius 3 is 2.70 bits per heavy atom. The molecule has 0 spiro atoms. The molecule has 0 aromatic heterocycles. The van der Waals surface area contributed by atoms with Crippen molar-refractivity contribution in [2.24, 2.45) is 0 Å². The molecule has 110 valence electrons. The molecule has 0 saturated carbocycles. The van der Waals surface area contributed by atoms with Crippen LogP contribution < -0.4 is 5.32 Å². The van der Waals surface area contributed by atoms with Gasteiger partial charge in [-0.15, -0.1) is 0 Å². The second kappa shape index (κ2) is 6.90. The van der Waals surface area contributed by atoms with Crippen LogP contribution in [0.1, 0.15) is 26.2 Å². The van der Waals surface area contributed by atoms with Crippen LogP contribution in [0.4, 0.5) is 11.4 Å². The molecule has 2 rings (SSSR count). The molecule has 1 aromatic carbocycles. The zero-order valence-corrected chi connectivity index (χ0v) is 12.4. The van der Waals surface area contributed by atoms with Crippen molar-refractivity contribution in [1.29, 1.82) is 0 Å². The maximum absolute atomic E-state index is 10.7. The Bertz CT molecular complexity index is 475. The fraction of sp³-hybridized carbons (Fsp3) is 0.571. The number of non-ortho nitro benzene ring substituents is 1. The Labute approximate surface area is 124 Å². The lowest BCUT2D eigenvalue weighted by atomic mass is 10.1. The number of piperidine rings is 1. The summed E-state index contributed by atoms with van der Waals surface area (Å²) in [7, 11) is 0. The van der Waals surface area contributed by atoms with Crippen molar-refractivity contribution in [3.63, 3.8) is 0 Å². The monoisotopic (exact) mass is 297 g/mol. The van der Waals surface area contributed by atoms with Crippen LogP contribution in [-0.4, -0.2) is 35.5 Å². The molecule has 0 aliphatic carbocycles. The summed E-state index contributed by atoms with van der Waals surface area (Å²) < 4.78 is 0. The van der Waals surface area contributed by atoms with Gasteiger partial charge in [-0.1, -0.05) is 18.0 Å². The summed E-state index contributed by atoms with van der Waals surface area (Å²) in [6, 6.07) is 4.96. The van der Waals surface area contributed by atoms with Crippen molar-refractivity contribution < 1.29 is 4.92 Å². The van der Waals surface area contributed by atoms with Crippen molar-refractivity contribution in [2.45, 2.75) is 32.2 Å². The van der Waals surface area contributed by atoms with Crippen molar-refractivity contribution in [1.82, 2.24) is 4.90 Å². The minimum Gasteiger partial charge on any atom is -0.382 e. The van der Waals surface area contributed by atoms with Crippen molar-refractivity contribution >= 4 is 23.0 Å². The fourth-order valence-electron chi connectivity index (χ4n) is 2.51. The summed E-state index contributed by atoms with van der Waals surface area (Å²) in [5.41, 5.74) is 0.769. The van der Waals surface area contributed by atoms with E-state index in [0.29, 0.717) is 11.1 Å². The van der Waals surface area contributed by atoms with E-state index in [1.54, 1.807) is 6.07 Å². The van der Waals surface area contributed by atoms with E-state index in [1.807, 2.05) is 0 Å². The van der Waals surface area contributed by atoms with Gasteiger partial charge in [-0.25, -0.2) is 0 Å². The van der Waals surface area contributed by atoms with Crippen LogP contribution in [0.15, 0.2) is 18.2 Å². The van der Waals surface area contributed by atoms with Crippen LogP contribution in [0, 0.1) is 10.1 Å². The fourth-order valence-corrected chi connectivity index (χ4v) is 2.75. The van der Waals surface area contributed by atoms with Gasteiger partial charge in [-0.05, 0) is 38.9 Å². The molecule has 1 aliphatic rings. The van der Waals surface area contributed by atoms with Gasteiger partial charge in [-0.2, -0.15) is 0 Å². The summed E-state index contributed by atoms with van der Waals surface area (Å²) in [5, 5.41) is 14.3. The zero-order chi connectivity index (χ0) is 14.5. The highest BCUT2D eigenvalue weighted by Gasteiger charge is 2.17. The summed E-state index contributed by atoms with van der Waals surface area (Å²) in [6.07, 6.45) is 3.86. The quantitative estimate of drug-likeness (QED) is 0.667. The Kier molecular flexibility index (Phi) is 5.20. The van der Waals surface area contributed by atoms with Crippen molar-refractivity contribution in [3.8, 4) is 0 Å². The maximum atomic E-state index is 10.7. The number of anilines is 1. The lowest BCUT2D eigenvalue weighted by Gasteiger charge is -2.32. The highest BCUT2D eigenvalue weighted by molar-refractivity contribution is 6.33. The number of likely N-dealkylation sites (tertiary alicyclic amines) is 1. The minimum atomic E-state index is -0.438. The van der Waals surface area contributed by atoms with Gasteiger partial charge in [0, 0.05) is 24.7 Å². The van der Waals surface area contributed by atoms with Crippen LogP contribution in [0.2, 0.25) is 5.02 Å². The molecule has 1 aliphatic heterocycles. The first-order valence-corrected chi connectivity index (χ1v) is 7.37. The number of nitrogens with one attached hydrogen (secondary N) is 1. The summed E-state index contributed by atoms with van der Waals surface area (Å²) in [6.45, 7) is 5.28. The average Bonchev–Trinajstić information content (AvgIpc) is 2.46. The number of nitro benzene ring substituents is 1. The summed E-state index contributed by atoms with van der Waals surface area (Å²) in [4.78, 5) is 12.7. The molecule has 1 unspecified atom stereocenters. The molecule has 1 saturated heterocycles. The number of hydrogen-bond acceptors (Lipinski definition) is 4. The molecule has 1 aromatic rings. The largest absolute Gasteiger partial charge is 0.382 e. The normalized spacial score (nSPS) is 17.7. The number of rotatable bonds is 5. The lowest BCUT2D eigenvalue weighted by Crippen LogP contribution is -2.41. The van der Waals surface area contributed by atoms with Gasteiger partial charge in [0.25, 0.3) is 5.69 Å². The number of benzene rings is 1. The number of hydrogen-bond donors (Lipinski definition) is 1. The first-order valence-electron chi connectivity index (χ1n) is 7.00. The molecular formula is C14H20ClN3O2. The predicted molar refractivity (Wildman–Crippen MR) is 81.5 cm³/mol. The van der Waals surface area contributed by atoms with Gasteiger partial charge in [0.2, 0.25) is 0 Å². The van der Waals surface area contributed by atoms with E-state index >= 15 is 0 Å². The third-order valence-corrected chi connectivity index (χ3v) is 4.08. The molecule has 6 heteroatoms. The van der Waals surface area contributed by atoms with Gasteiger partial charge in [0.15, 0.2) is 0 Å². The number of nitro groups is 1. The molecule has 1 fully saturated rings. The third kappa shape index (κ3) is 3.84. The standard InChI is InChI=1S/C14H20ClN3O2/c1-11(17-7-3-2-4-8-17)10-16-14-6-5-12(18(19)20)9-13(14)15/h5-6,9,11,16H,2-4,7-8,10H2,1H3. The van der Waals surface area contributed by atoms with E-state index in [4.69, 9.17) is 11.6 Å². The van der Waals surface area contributed by atoms with E-state index < -0.39 is 4.92 Å². The Balaban J connectivity index is 1.91. The molecule has 0 radical (unpaired) electrons. The predicted octanol–water partition coefficient (Wildman–Crippen LogP) is 3.53. The van der Waals surface area contributed by atoms with Crippen LogP contribution in [-0.2, 0) is 0 Å². The Morgan fingerprint density at radius 1 is 1.40 bits per heavy atom.